The van der Waals surface area contributed by atoms with E-state index >= 15 is 0 Å². The molecule has 0 amide bonds. The zero-order chi connectivity index (χ0) is 31.3. The largest absolute Gasteiger partial charge is 0.460 e. The van der Waals surface area contributed by atoms with Crippen molar-refractivity contribution in [1.82, 2.24) is 0 Å². The molecule has 0 N–H and O–H groups in total. The molecule has 1 rings (SSSR count). The Balaban J connectivity index is 3.23. The molecular formula is C18H13F17O3S. The van der Waals surface area contributed by atoms with E-state index in [1.165, 1.54) is 19.1 Å². The molecule has 0 aromatic heterocycles. The molecule has 0 unspecified atom stereocenters. The fraction of sp³-hybridized carbons (Fsp3) is 0.667. The Kier molecular flexibility index (Phi) is 9.05. The Bertz CT molecular complexity index is 1110. The lowest BCUT2D eigenvalue weighted by molar-refractivity contribution is -0.461. The van der Waals surface area contributed by atoms with Crippen LogP contribution in [0.2, 0.25) is 0 Å². The molecule has 0 bridgehead atoms. The quantitative estimate of drug-likeness (QED) is 0.136. The molecule has 0 radical (unpaired) electrons. The Morgan fingerprint density at radius 3 is 1.33 bits per heavy atom. The maximum Gasteiger partial charge on any atom is 0.460 e. The van der Waals surface area contributed by atoms with E-state index in [1.807, 2.05) is 0 Å². The van der Waals surface area contributed by atoms with E-state index in [0.717, 1.165) is 12.1 Å². The van der Waals surface area contributed by atoms with Crippen molar-refractivity contribution < 1.29 is 87.2 Å². The van der Waals surface area contributed by atoms with Crippen molar-refractivity contribution in [1.29, 1.82) is 0 Å². The van der Waals surface area contributed by atoms with Gasteiger partial charge in [0.25, 0.3) is 10.1 Å². The molecule has 1 aromatic rings. The monoisotopic (exact) mass is 632 g/mol. The van der Waals surface area contributed by atoms with Gasteiger partial charge >= 0.3 is 47.6 Å². The van der Waals surface area contributed by atoms with Gasteiger partial charge in [-0.05, 0) is 25.5 Å². The summed E-state index contributed by atoms with van der Waals surface area (Å²) in [5, 5.41) is 0. The molecule has 0 saturated carbocycles. The summed E-state index contributed by atoms with van der Waals surface area (Å²) in [5.41, 5.74) is 0.513. The molecule has 1 aromatic carbocycles. The lowest BCUT2D eigenvalue weighted by atomic mass is 9.88. The third-order valence-corrected chi connectivity index (χ3v) is 6.30. The van der Waals surface area contributed by atoms with Crippen LogP contribution in [-0.2, 0) is 14.3 Å². The van der Waals surface area contributed by atoms with Crippen LogP contribution in [0.25, 0.3) is 0 Å². The average Bonchev–Trinajstić information content (AvgIpc) is 2.75. The lowest BCUT2D eigenvalue weighted by Gasteiger charge is -2.42. The Hall–Kier alpha value is -2.06. The van der Waals surface area contributed by atoms with Crippen molar-refractivity contribution in [3.8, 4) is 0 Å². The van der Waals surface area contributed by atoms with Gasteiger partial charge in [-0.2, -0.15) is 83.1 Å². The predicted octanol–water partition coefficient (Wildman–Crippen LogP) is 7.49. The van der Waals surface area contributed by atoms with Crippen LogP contribution in [-0.4, -0.2) is 62.7 Å². The van der Waals surface area contributed by atoms with Gasteiger partial charge in [-0.25, -0.2) is 0 Å². The predicted molar refractivity (Wildman–Crippen MR) is 94.2 cm³/mol. The summed E-state index contributed by atoms with van der Waals surface area (Å²) in [6.45, 7) is -0.0481. The van der Waals surface area contributed by atoms with Crippen molar-refractivity contribution >= 4 is 10.1 Å². The number of hydrogen-bond donors (Lipinski definition) is 0. The van der Waals surface area contributed by atoms with Crippen molar-refractivity contribution in [3.05, 3.63) is 29.8 Å². The van der Waals surface area contributed by atoms with Gasteiger partial charge in [0.1, 0.15) is 0 Å². The van der Waals surface area contributed by atoms with Crippen LogP contribution in [0.4, 0.5) is 74.6 Å². The van der Waals surface area contributed by atoms with Gasteiger partial charge in [0, 0.05) is 6.42 Å². The molecule has 21 heteroatoms. The van der Waals surface area contributed by atoms with Crippen LogP contribution in [0.1, 0.15) is 18.4 Å². The summed E-state index contributed by atoms with van der Waals surface area (Å²) in [6, 6.07) is 4.23. The summed E-state index contributed by atoms with van der Waals surface area (Å²) < 4.78 is 252. The number of hydrogen-bond acceptors (Lipinski definition) is 3. The number of benzene rings is 1. The third kappa shape index (κ3) is 5.61. The second kappa shape index (κ2) is 10.1. The summed E-state index contributed by atoms with van der Waals surface area (Å²) in [7, 11) is -4.79. The molecule has 0 atom stereocenters. The van der Waals surface area contributed by atoms with Crippen LogP contribution in [0.5, 0.6) is 0 Å². The average molecular weight is 632 g/mol. The first kappa shape index (κ1) is 35.0. The minimum absolute atomic E-state index is 0.513. The molecule has 0 spiro atoms. The second-order valence-electron chi connectivity index (χ2n) is 7.84. The van der Waals surface area contributed by atoms with Gasteiger partial charge in [0.15, 0.2) is 0 Å². The molecule has 0 saturated heterocycles. The van der Waals surface area contributed by atoms with Crippen molar-refractivity contribution in [2.24, 2.45) is 0 Å². The van der Waals surface area contributed by atoms with Crippen LogP contribution in [0.3, 0.4) is 0 Å². The maximum absolute atomic E-state index is 13.8. The molecule has 0 fully saturated rings. The van der Waals surface area contributed by atoms with Gasteiger partial charge in [-0.1, -0.05) is 17.7 Å². The Labute approximate surface area is 207 Å². The molecule has 0 heterocycles. The van der Waals surface area contributed by atoms with E-state index in [0.29, 0.717) is 5.56 Å². The fourth-order valence-corrected chi connectivity index (χ4v) is 3.53. The Morgan fingerprint density at radius 1 is 0.590 bits per heavy atom. The number of aryl methyl sites for hydroxylation is 1. The van der Waals surface area contributed by atoms with E-state index in [-0.39, 0.29) is 0 Å². The first-order valence-electron chi connectivity index (χ1n) is 9.63. The van der Waals surface area contributed by atoms with Crippen molar-refractivity contribution in [3.63, 3.8) is 0 Å². The molecule has 0 aliphatic carbocycles. The minimum atomic E-state index is -8.70. The fourth-order valence-electron chi connectivity index (χ4n) is 2.59. The van der Waals surface area contributed by atoms with Crippen LogP contribution >= 0.6 is 0 Å². The Morgan fingerprint density at radius 2 is 0.949 bits per heavy atom. The second-order valence-corrected chi connectivity index (χ2v) is 9.46. The zero-order valence-corrected chi connectivity index (χ0v) is 19.3. The standard InChI is InChI=1S/C18H13F17O3S/c1-9-3-5-10(6-4-9)39(36,37)38-8-2-7-11(19,20)12(21,22)13(23,24)14(25,26)15(27,28)16(29,30)17(31,32)18(33,34)35/h3-6H,2,7-8H2,1H3. The SMILES string of the molecule is Cc1ccc(S(=O)(=O)OCCCC(F)(F)C(F)(F)C(F)(F)C(F)(F)C(F)(F)C(F)(F)C(F)(F)C(F)(F)F)cc1. The summed E-state index contributed by atoms with van der Waals surface area (Å²) >= 11 is 0. The van der Waals surface area contributed by atoms with Crippen LogP contribution in [0, 0.1) is 6.92 Å². The maximum atomic E-state index is 13.8. The third-order valence-electron chi connectivity index (χ3n) is 4.97. The molecular weight excluding hydrogens is 619 g/mol. The highest BCUT2D eigenvalue weighted by Crippen LogP contribution is 2.64. The highest BCUT2D eigenvalue weighted by molar-refractivity contribution is 7.86. The van der Waals surface area contributed by atoms with E-state index in [1.54, 1.807) is 0 Å². The number of halogens is 17. The summed E-state index contributed by atoms with van der Waals surface area (Å²) in [5.74, 6) is -57.0. The summed E-state index contributed by atoms with van der Waals surface area (Å²) in [4.78, 5) is -0.629. The van der Waals surface area contributed by atoms with Gasteiger partial charge < -0.3 is 0 Å². The molecule has 0 aliphatic rings. The van der Waals surface area contributed by atoms with Gasteiger partial charge in [0.05, 0.1) is 11.5 Å². The van der Waals surface area contributed by atoms with Crippen molar-refractivity contribution in [2.45, 2.75) is 72.3 Å². The first-order chi connectivity index (χ1) is 17.0. The number of rotatable bonds is 12. The lowest BCUT2D eigenvalue weighted by Crippen LogP contribution is -2.74. The summed E-state index contributed by atoms with van der Waals surface area (Å²) in [6.07, 6.45) is -12.3. The molecule has 39 heavy (non-hydrogen) atoms. The number of alkyl halides is 17. The van der Waals surface area contributed by atoms with Crippen molar-refractivity contribution in [2.75, 3.05) is 6.61 Å². The van der Waals surface area contributed by atoms with E-state index in [9.17, 15) is 83.1 Å². The topological polar surface area (TPSA) is 43.4 Å². The van der Waals surface area contributed by atoms with E-state index in [4.69, 9.17) is 0 Å². The molecule has 0 aliphatic heterocycles. The van der Waals surface area contributed by atoms with E-state index < -0.39 is 82.1 Å². The van der Waals surface area contributed by atoms with Crippen LogP contribution < -0.4 is 0 Å². The molecule has 3 nitrogen and oxygen atoms in total. The highest BCUT2D eigenvalue weighted by atomic mass is 32.2. The van der Waals surface area contributed by atoms with Gasteiger partial charge in [-0.3, -0.25) is 4.18 Å². The smallest absolute Gasteiger partial charge is 0.266 e. The van der Waals surface area contributed by atoms with Crippen LogP contribution in [0.15, 0.2) is 29.2 Å². The minimum Gasteiger partial charge on any atom is -0.266 e. The normalized spacial score (nSPS) is 15.5. The highest BCUT2D eigenvalue weighted by Gasteiger charge is 2.95. The van der Waals surface area contributed by atoms with Gasteiger partial charge in [0.2, 0.25) is 0 Å². The van der Waals surface area contributed by atoms with Gasteiger partial charge in [-0.15, -0.1) is 0 Å². The molecule has 228 valence electrons. The van der Waals surface area contributed by atoms with E-state index in [2.05, 4.69) is 4.18 Å². The zero-order valence-electron chi connectivity index (χ0n) is 18.5. The first-order valence-corrected chi connectivity index (χ1v) is 11.0.